The fourth-order valence-corrected chi connectivity index (χ4v) is 6.38. The lowest BCUT2D eigenvalue weighted by atomic mass is 10.00. The van der Waals surface area contributed by atoms with E-state index in [2.05, 4.69) is 6.92 Å². The average Bonchev–Trinajstić information content (AvgIpc) is 3.13. The van der Waals surface area contributed by atoms with Crippen molar-refractivity contribution in [2.75, 3.05) is 25.4 Å². The summed E-state index contributed by atoms with van der Waals surface area (Å²) in [5.41, 5.74) is 0.504. The zero-order valence-corrected chi connectivity index (χ0v) is 20.1. The van der Waals surface area contributed by atoms with Gasteiger partial charge >= 0.3 is 0 Å². The molecule has 4 nitrogen and oxygen atoms in total. The summed E-state index contributed by atoms with van der Waals surface area (Å²) in [5.74, 6) is 1.15. The Hall–Kier alpha value is -0.910. The van der Waals surface area contributed by atoms with Crippen LogP contribution >= 0.6 is 35.0 Å². The van der Waals surface area contributed by atoms with E-state index in [9.17, 15) is 9.59 Å². The van der Waals surface area contributed by atoms with Gasteiger partial charge in [-0.1, -0.05) is 62.2 Å². The normalized spacial score (nSPS) is 18.2. The second-order valence-corrected chi connectivity index (χ2v) is 10.6. The molecule has 166 valence electrons. The molecule has 2 aliphatic heterocycles. The fourth-order valence-electron chi connectivity index (χ4n) is 4.44. The third-order valence-electron chi connectivity index (χ3n) is 6.23. The van der Waals surface area contributed by atoms with E-state index >= 15 is 0 Å². The highest BCUT2D eigenvalue weighted by Crippen LogP contribution is 2.45. The predicted molar refractivity (Wildman–Crippen MR) is 126 cm³/mol. The molecule has 2 aliphatic rings. The van der Waals surface area contributed by atoms with Crippen LogP contribution in [-0.4, -0.2) is 51.9 Å². The van der Waals surface area contributed by atoms with Crippen LogP contribution < -0.4 is 0 Å². The van der Waals surface area contributed by atoms with Crippen LogP contribution in [0.1, 0.15) is 75.1 Å². The van der Waals surface area contributed by atoms with Crippen molar-refractivity contribution in [3.8, 4) is 0 Å². The quantitative estimate of drug-likeness (QED) is 0.421. The number of amides is 2. The topological polar surface area (TPSA) is 40.6 Å². The van der Waals surface area contributed by atoms with E-state index in [0.717, 1.165) is 44.5 Å². The molecular weight excluding hydrogens is 439 g/mol. The van der Waals surface area contributed by atoms with Gasteiger partial charge in [-0.25, -0.2) is 0 Å². The van der Waals surface area contributed by atoms with Gasteiger partial charge in [0.15, 0.2) is 0 Å². The number of piperidine rings is 1. The zero-order chi connectivity index (χ0) is 21.6. The first-order valence-corrected chi connectivity index (χ1v) is 12.9. The second-order valence-electron chi connectivity index (χ2n) is 8.27. The summed E-state index contributed by atoms with van der Waals surface area (Å²) >= 11 is 14.1. The molecule has 1 aromatic rings. The maximum atomic E-state index is 13.2. The minimum atomic E-state index is -0.225. The van der Waals surface area contributed by atoms with Gasteiger partial charge in [-0.15, -0.1) is 11.8 Å². The summed E-state index contributed by atoms with van der Waals surface area (Å²) in [5, 5.41) is 0.922. The first kappa shape index (κ1) is 23.7. The van der Waals surface area contributed by atoms with Gasteiger partial charge in [-0.2, -0.15) is 0 Å². The molecule has 0 unspecified atom stereocenters. The monoisotopic (exact) mass is 470 g/mol. The molecule has 0 atom stereocenters. The third kappa shape index (κ3) is 5.66. The number of halogens is 2. The van der Waals surface area contributed by atoms with E-state index in [0.29, 0.717) is 28.6 Å². The van der Waals surface area contributed by atoms with Crippen molar-refractivity contribution in [3.63, 3.8) is 0 Å². The number of carbonyl (C=O) groups is 2. The maximum Gasteiger partial charge on any atom is 0.256 e. The molecule has 1 spiro atoms. The molecule has 2 saturated heterocycles. The number of hydrogen-bond acceptors (Lipinski definition) is 3. The van der Waals surface area contributed by atoms with Crippen molar-refractivity contribution in [2.45, 2.75) is 69.6 Å². The number of thioether (sulfide) groups is 1. The van der Waals surface area contributed by atoms with Gasteiger partial charge in [0.25, 0.3) is 5.91 Å². The summed E-state index contributed by atoms with van der Waals surface area (Å²) in [6, 6.07) is 5.04. The van der Waals surface area contributed by atoms with Gasteiger partial charge in [-0.05, 0) is 37.5 Å². The van der Waals surface area contributed by atoms with E-state index in [4.69, 9.17) is 23.2 Å². The summed E-state index contributed by atoms with van der Waals surface area (Å²) in [7, 11) is 0. The largest absolute Gasteiger partial charge is 0.342 e. The Morgan fingerprint density at radius 1 is 1.03 bits per heavy atom. The Bertz CT molecular complexity index is 751. The molecule has 1 aromatic carbocycles. The van der Waals surface area contributed by atoms with Gasteiger partial charge in [0.2, 0.25) is 5.91 Å². The predicted octanol–water partition coefficient (Wildman–Crippen LogP) is 6.25. The standard InChI is InChI=1S/C23H32Cl2N2O2S/c1-2-3-4-5-6-7-8-21(28)26-13-11-23(12-14-26)27(15-16-30-23)22(29)19-10-9-18(24)17-20(19)25/h9-10,17H,2-8,11-16H2,1H3. The molecule has 0 radical (unpaired) electrons. The summed E-state index contributed by atoms with van der Waals surface area (Å²) in [6.45, 7) is 4.38. The van der Waals surface area contributed by atoms with Gasteiger partial charge < -0.3 is 9.80 Å². The van der Waals surface area contributed by atoms with Gasteiger partial charge in [-0.3, -0.25) is 9.59 Å². The van der Waals surface area contributed by atoms with Gasteiger partial charge in [0.05, 0.1) is 15.5 Å². The van der Waals surface area contributed by atoms with E-state index < -0.39 is 0 Å². The highest BCUT2D eigenvalue weighted by atomic mass is 35.5. The Kier molecular flexibility index (Phi) is 8.79. The Morgan fingerprint density at radius 3 is 2.43 bits per heavy atom. The van der Waals surface area contributed by atoms with Crippen molar-refractivity contribution in [1.29, 1.82) is 0 Å². The molecule has 3 rings (SSSR count). The van der Waals surface area contributed by atoms with E-state index in [1.807, 2.05) is 21.6 Å². The average molecular weight is 471 g/mol. The van der Waals surface area contributed by atoms with Crippen molar-refractivity contribution in [2.24, 2.45) is 0 Å². The highest BCUT2D eigenvalue weighted by Gasteiger charge is 2.47. The molecule has 0 N–H and O–H groups in total. The lowest BCUT2D eigenvalue weighted by molar-refractivity contribution is -0.132. The second kappa shape index (κ2) is 11.1. The van der Waals surface area contributed by atoms with Crippen LogP contribution in [-0.2, 0) is 4.79 Å². The molecular formula is C23H32Cl2N2O2S. The molecule has 0 saturated carbocycles. The number of likely N-dealkylation sites (tertiary alicyclic amines) is 1. The molecule has 2 heterocycles. The summed E-state index contributed by atoms with van der Waals surface area (Å²) in [6.07, 6.45) is 9.44. The van der Waals surface area contributed by atoms with Crippen LogP contribution in [0.15, 0.2) is 18.2 Å². The molecule has 30 heavy (non-hydrogen) atoms. The summed E-state index contributed by atoms with van der Waals surface area (Å²) < 4.78 is 0. The first-order chi connectivity index (χ1) is 14.5. The number of hydrogen-bond donors (Lipinski definition) is 0. The minimum absolute atomic E-state index is 0.0338. The molecule has 2 fully saturated rings. The highest BCUT2D eigenvalue weighted by molar-refractivity contribution is 8.00. The third-order valence-corrected chi connectivity index (χ3v) is 8.33. The Balaban J connectivity index is 1.53. The van der Waals surface area contributed by atoms with E-state index in [-0.39, 0.29) is 16.7 Å². The lowest BCUT2D eigenvalue weighted by Crippen LogP contribution is -2.53. The molecule has 0 bridgehead atoms. The van der Waals surface area contributed by atoms with E-state index in [1.165, 1.54) is 25.7 Å². The smallest absolute Gasteiger partial charge is 0.256 e. The number of unbranched alkanes of at least 4 members (excludes halogenated alkanes) is 5. The summed E-state index contributed by atoms with van der Waals surface area (Å²) in [4.78, 5) is 29.6. The Labute approximate surface area is 194 Å². The lowest BCUT2D eigenvalue weighted by Gasteiger charge is -2.44. The SMILES string of the molecule is CCCCCCCCC(=O)N1CCC2(CC1)SCCN2C(=O)c1ccc(Cl)cc1Cl. The van der Waals surface area contributed by atoms with Crippen molar-refractivity contribution < 1.29 is 9.59 Å². The molecule has 7 heteroatoms. The number of rotatable bonds is 8. The van der Waals surface area contributed by atoms with Crippen LogP contribution in [0.2, 0.25) is 10.0 Å². The molecule has 0 aliphatic carbocycles. The van der Waals surface area contributed by atoms with Crippen molar-refractivity contribution in [3.05, 3.63) is 33.8 Å². The zero-order valence-electron chi connectivity index (χ0n) is 17.8. The fraction of sp³-hybridized carbons (Fsp3) is 0.652. The maximum absolute atomic E-state index is 13.2. The van der Waals surface area contributed by atoms with Crippen molar-refractivity contribution >= 4 is 46.8 Å². The van der Waals surface area contributed by atoms with Crippen LogP contribution in [0.25, 0.3) is 0 Å². The number of nitrogens with zero attached hydrogens (tertiary/aromatic N) is 2. The van der Waals surface area contributed by atoms with Crippen LogP contribution in [0.4, 0.5) is 0 Å². The van der Waals surface area contributed by atoms with Gasteiger partial charge in [0, 0.05) is 36.8 Å². The molecule has 0 aromatic heterocycles. The Morgan fingerprint density at radius 2 is 1.73 bits per heavy atom. The number of benzene rings is 1. The van der Waals surface area contributed by atoms with Crippen LogP contribution in [0, 0.1) is 0 Å². The first-order valence-electron chi connectivity index (χ1n) is 11.2. The minimum Gasteiger partial charge on any atom is -0.342 e. The van der Waals surface area contributed by atoms with Crippen LogP contribution in [0.3, 0.4) is 0 Å². The van der Waals surface area contributed by atoms with Crippen LogP contribution in [0.5, 0.6) is 0 Å². The molecule has 2 amide bonds. The van der Waals surface area contributed by atoms with Gasteiger partial charge in [0.1, 0.15) is 0 Å². The number of carbonyl (C=O) groups excluding carboxylic acids is 2. The van der Waals surface area contributed by atoms with Crippen molar-refractivity contribution in [1.82, 2.24) is 9.80 Å². The van der Waals surface area contributed by atoms with E-state index in [1.54, 1.807) is 18.2 Å².